The van der Waals surface area contributed by atoms with E-state index < -0.39 is 0 Å². The Hall–Kier alpha value is -1.19. The van der Waals surface area contributed by atoms with Gasteiger partial charge in [0.2, 0.25) is 0 Å². The molecule has 0 radical (unpaired) electrons. The summed E-state index contributed by atoms with van der Waals surface area (Å²) in [5.41, 5.74) is 11.0. The maximum absolute atomic E-state index is 6.50. The number of halogens is 1. The predicted molar refractivity (Wildman–Crippen MR) is 83.1 cm³/mol. The number of hydrogen-bond acceptors (Lipinski definition) is 2. The molecule has 0 saturated carbocycles. The van der Waals surface area contributed by atoms with Gasteiger partial charge in [0.25, 0.3) is 0 Å². The first kappa shape index (κ1) is 14.2. The van der Waals surface area contributed by atoms with E-state index in [9.17, 15) is 0 Å². The molecule has 2 aromatic rings. The van der Waals surface area contributed by atoms with Crippen LogP contribution in [-0.4, -0.2) is 4.98 Å². The summed E-state index contributed by atoms with van der Waals surface area (Å²) in [4.78, 5) is 4.19. The molecule has 0 aliphatic heterocycles. The minimum Gasteiger partial charge on any atom is -0.321 e. The molecule has 2 nitrogen and oxygen atoms in total. The Morgan fingerprint density at radius 2 is 1.89 bits per heavy atom. The molecule has 0 aliphatic rings. The molecule has 0 amide bonds. The van der Waals surface area contributed by atoms with Crippen molar-refractivity contribution in [2.24, 2.45) is 5.73 Å². The molecule has 1 aromatic heterocycles. The van der Waals surface area contributed by atoms with Crippen molar-refractivity contribution >= 4 is 15.9 Å². The fourth-order valence-corrected chi connectivity index (χ4v) is 2.59. The fourth-order valence-electron chi connectivity index (χ4n) is 2.18. The molecule has 1 heterocycles. The van der Waals surface area contributed by atoms with Crippen molar-refractivity contribution in [3.8, 4) is 0 Å². The third-order valence-electron chi connectivity index (χ3n) is 3.50. The van der Waals surface area contributed by atoms with Crippen LogP contribution in [0.1, 0.15) is 29.2 Å². The van der Waals surface area contributed by atoms with E-state index in [1.165, 1.54) is 11.1 Å². The summed E-state index contributed by atoms with van der Waals surface area (Å²) < 4.78 is 0.987. The monoisotopic (exact) mass is 318 g/mol. The van der Waals surface area contributed by atoms with Gasteiger partial charge in [0.15, 0.2) is 0 Å². The third kappa shape index (κ3) is 3.43. The SMILES string of the molecule is Cc1ccc(C(C)(N)Cc2cncc(Br)c2)cc1C. The Kier molecular flexibility index (Phi) is 4.07. The number of rotatable bonds is 3. The van der Waals surface area contributed by atoms with E-state index >= 15 is 0 Å². The van der Waals surface area contributed by atoms with Gasteiger partial charge in [0.1, 0.15) is 0 Å². The molecule has 100 valence electrons. The van der Waals surface area contributed by atoms with E-state index in [4.69, 9.17) is 5.73 Å². The summed E-state index contributed by atoms with van der Waals surface area (Å²) in [6.07, 6.45) is 4.42. The first-order chi connectivity index (χ1) is 8.88. The molecule has 1 aromatic carbocycles. The lowest BCUT2D eigenvalue weighted by Gasteiger charge is -2.26. The minimum atomic E-state index is -0.388. The Balaban J connectivity index is 2.29. The van der Waals surface area contributed by atoms with Gasteiger partial charge >= 0.3 is 0 Å². The number of aryl methyl sites for hydroxylation is 2. The van der Waals surface area contributed by atoms with E-state index in [2.05, 4.69) is 66.0 Å². The van der Waals surface area contributed by atoms with Crippen molar-refractivity contribution in [2.75, 3.05) is 0 Å². The predicted octanol–water partition coefficient (Wildman–Crippen LogP) is 3.88. The van der Waals surface area contributed by atoms with Crippen LogP contribution in [0.25, 0.3) is 0 Å². The summed E-state index contributed by atoms with van der Waals surface area (Å²) >= 11 is 3.44. The number of nitrogens with zero attached hydrogens (tertiary/aromatic N) is 1. The highest BCUT2D eigenvalue weighted by molar-refractivity contribution is 9.10. The largest absolute Gasteiger partial charge is 0.321 e. The second-order valence-corrected chi connectivity index (χ2v) is 6.32. The van der Waals surface area contributed by atoms with E-state index in [1.807, 2.05) is 6.20 Å². The van der Waals surface area contributed by atoms with Crippen LogP contribution >= 0.6 is 15.9 Å². The van der Waals surface area contributed by atoms with Crippen molar-refractivity contribution in [3.05, 3.63) is 63.4 Å². The minimum absolute atomic E-state index is 0.388. The lowest BCUT2D eigenvalue weighted by atomic mass is 9.85. The average molecular weight is 319 g/mol. The summed E-state index contributed by atoms with van der Waals surface area (Å²) in [6.45, 7) is 6.30. The Bertz CT molecular complexity index is 591. The number of nitrogens with two attached hydrogens (primary N) is 1. The molecule has 1 unspecified atom stereocenters. The first-order valence-electron chi connectivity index (χ1n) is 6.34. The number of pyridine rings is 1. The lowest BCUT2D eigenvalue weighted by Crippen LogP contribution is -2.35. The number of benzene rings is 1. The van der Waals surface area contributed by atoms with Crippen LogP contribution < -0.4 is 5.73 Å². The van der Waals surface area contributed by atoms with Crippen LogP contribution in [0, 0.1) is 13.8 Å². The molecule has 0 fully saturated rings. The van der Waals surface area contributed by atoms with Gasteiger partial charge < -0.3 is 5.73 Å². The van der Waals surface area contributed by atoms with E-state index in [0.29, 0.717) is 0 Å². The molecule has 0 aliphatic carbocycles. The van der Waals surface area contributed by atoms with Gasteiger partial charge in [-0.3, -0.25) is 4.98 Å². The second kappa shape index (κ2) is 5.43. The van der Waals surface area contributed by atoms with Crippen LogP contribution in [0.15, 0.2) is 41.1 Å². The highest BCUT2D eigenvalue weighted by Gasteiger charge is 2.22. The molecule has 1 atom stereocenters. The molecule has 2 N–H and O–H groups in total. The number of hydrogen-bond donors (Lipinski definition) is 1. The standard InChI is InChI=1S/C16H19BrN2/c1-11-4-5-14(6-12(11)2)16(3,18)8-13-7-15(17)10-19-9-13/h4-7,9-10H,8,18H2,1-3H3. The molecule has 3 heteroatoms. The van der Waals surface area contributed by atoms with Gasteiger partial charge in [-0.05, 0) is 71.4 Å². The zero-order chi connectivity index (χ0) is 14.0. The molecular weight excluding hydrogens is 300 g/mol. The van der Waals surface area contributed by atoms with Gasteiger partial charge in [-0.25, -0.2) is 0 Å². The van der Waals surface area contributed by atoms with Gasteiger partial charge in [-0.1, -0.05) is 18.2 Å². The molecule has 19 heavy (non-hydrogen) atoms. The van der Waals surface area contributed by atoms with E-state index in [-0.39, 0.29) is 5.54 Å². The zero-order valence-corrected chi connectivity index (χ0v) is 13.2. The van der Waals surface area contributed by atoms with E-state index in [1.54, 1.807) is 6.20 Å². The third-order valence-corrected chi connectivity index (χ3v) is 3.93. The summed E-state index contributed by atoms with van der Waals surface area (Å²) in [7, 11) is 0. The van der Waals surface area contributed by atoms with E-state index in [0.717, 1.165) is 22.0 Å². The summed E-state index contributed by atoms with van der Waals surface area (Å²) in [5.74, 6) is 0. The maximum atomic E-state index is 6.50. The second-order valence-electron chi connectivity index (χ2n) is 5.40. The quantitative estimate of drug-likeness (QED) is 0.932. The summed E-state index contributed by atoms with van der Waals surface area (Å²) in [5, 5.41) is 0. The normalized spacial score (nSPS) is 14.2. The number of aromatic nitrogens is 1. The highest BCUT2D eigenvalue weighted by Crippen LogP contribution is 2.25. The van der Waals surface area contributed by atoms with Gasteiger partial charge in [0, 0.05) is 22.4 Å². The Morgan fingerprint density at radius 3 is 2.53 bits per heavy atom. The van der Waals surface area contributed by atoms with Crippen LogP contribution in [0.5, 0.6) is 0 Å². The Labute approximate surface area is 123 Å². The maximum Gasteiger partial charge on any atom is 0.0422 e. The van der Waals surface area contributed by atoms with Gasteiger partial charge in [-0.2, -0.15) is 0 Å². The Morgan fingerprint density at radius 1 is 1.16 bits per heavy atom. The summed E-state index contributed by atoms with van der Waals surface area (Å²) in [6, 6.07) is 8.50. The topological polar surface area (TPSA) is 38.9 Å². The first-order valence-corrected chi connectivity index (χ1v) is 7.14. The molecule has 0 saturated heterocycles. The zero-order valence-electron chi connectivity index (χ0n) is 11.6. The van der Waals surface area contributed by atoms with Crippen LogP contribution in [0.2, 0.25) is 0 Å². The van der Waals surface area contributed by atoms with Gasteiger partial charge in [-0.15, -0.1) is 0 Å². The average Bonchev–Trinajstić information content (AvgIpc) is 2.32. The fraction of sp³-hybridized carbons (Fsp3) is 0.312. The molecule has 0 spiro atoms. The van der Waals surface area contributed by atoms with Gasteiger partial charge in [0.05, 0.1) is 0 Å². The van der Waals surface area contributed by atoms with Crippen molar-refractivity contribution in [1.82, 2.24) is 4.98 Å². The van der Waals surface area contributed by atoms with Crippen LogP contribution in [0.3, 0.4) is 0 Å². The molecule has 2 rings (SSSR count). The van der Waals surface area contributed by atoms with Crippen LogP contribution in [-0.2, 0) is 12.0 Å². The van der Waals surface area contributed by atoms with Crippen molar-refractivity contribution in [1.29, 1.82) is 0 Å². The smallest absolute Gasteiger partial charge is 0.0422 e. The van der Waals surface area contributed by atoms with Crippen molar-refractivity contribution < 1.29 is 0 Å². The highest BCUT2D eigenvalue weighted by atomic mass is 79.9. The van der Waals surface area contributed by atoms with Crippen LogP contribution in [0.4, 0.5) is 0 Å². The van der Waals surface area contributed by atoms with Crippen molar-refractivity contribution in [2.45, 2.75) is 32.7 Å². The van der Waals surface area contributed by atoms with Crippen molar-refractivity contribution in [3.63, 3.8) is 0 Å². The molecule has 0 bridgehead atoms. The lowest BCUT2D eigenvalue weighted by molar-refractivity contribution is 0.490. The molecular formula is C16H19BrN2.